The number of non-ortho nitro benzene ring substituents is 1. The summed E-state index contributed by atoms with van der Waals surface area (Å²) in [5.41, 5.74) is -0.107. The fraction of sp³-hybridized carbons (Fsp3) is 0.300. The highest BCUT2D eigenvalue weighted by atomic mass is 35.5. The predicted octanol–water partition coefficient (Wildman–Crippen LogP) is 1.76. The van der Waals surface area contributed by atoms with Crippen molar-refractivity contribution >= 4 is 23.2 Å². The van der Waals surface area contributed by atoms with E-state index >= 15 is 0 Å². The number of carbonyl (C=O) groups excluding carboxylic acids is 1. The quantitative estimate of drug-likeness (QED) is 0.644. The predicted molar refractivity (Wildman–Crippen MR) is 62.3 cm³/mol. The van der Waals surface area contributed by atoms with Crippen molar-refractivity contribution in [1.82, 2.24) is 5.32 Å². The van der Waals surface area contributed by atoms with Crippen LogP contribution in [0.5, 0.6) is 5.75 Å². The Morgan fingerprint density at radius 2 is 2.29 bits per heavy atom. The standard InChI is InChI=1S/C10H11ClN2O4/c1-12-10(14)4-5-17-9-6-7(13(15)16)2-3-8(9)11/h2-3,6H,4-5H2,1H3,(H,12,14). The number of nitrogens with one attached hydrogen (secondary N) is 1. The van der Waals surface area contributed by atoms with Gasteiger partial charge in [-0.05, 0) is 6.07 Å². The van der Waals surface area contributed by atoms with E-state index < -0.39 is 4.92 Å². The molecule has 1 rings (SSSR count). The first kappa shape index (κ1) is 13.2. The summed E-state index contributed by atoms with van der Waals surface area (Å²) < 4.78 is 5.20. The fourth-order valence-corrected chi connectivity index (χ4v) is 1.27. The van der Waals surface area contributed by atoms with Crippen LogP contribution in [0.25, 0.3) is 0 Å². The molecule has 0 atom stereocenters. The number of amides is 1. The molecule has 92 valence electrons. The van der Waals surface area contributed by atoms with Crippen molar-refractivity contribution in [2.24, 2.45) is 0 Å². The number of hydrogen-bond donors (Lipinski definition) is 1. The Hall–Kier alpha value is -1.82. The zero-order valence-corrected chi connectivity index (χ0v) is 9.86. The molecule has 0 unspecified atom stereocenters. The Balaban J connectivity index is 2.66. The average Bonchev–Trinajstić information content (AvgIpc) is 2.30. The summed E-state index contributed by atoms with van der Waals surface area (Å²) in [4.78, 5) is 20.9. The molecule has 6 nitrogen and oxygen atoms in total. The molecule has 1 aromatic carbocycles. The van der Waals surface area contributed by atoms with Crippen LogP contribution in [0.3, 0.4) is 0 Å². The lowest BCUT2D eigenvalue weighted by molar-refractivity contribution is -0.384. The van der Waals surface area contributed by atoms with Gasteiger partial charge in [-0.3, -0.25) is 14.9 Å². The normalized spacial score (nSPS) is 9.76. The molecule has 0 aromatic heterocycles. The van der Waals surface area contributed by atoms with Crippen LogP contribution in [0.1, 0.15) is 6.42 Å². The van der Waals surface area contributed by atoms with Crippen LogP contribution in [0.15, 0.2) is 18.2 Å². The first-order valence-electron chi connectivity index (χ1n) is 4.82. The largest absolute Gasteiger partial charge is 0.491 e. The molecule has 0 radical (unpaired) electrons. The second-order valence-corrected chi connectivity index (χ2v) is 3.55. The smallest absolute Gasteiger partial charge is 0.273 e. The molecule has 0 spiro atoms. The van der Waals surface area contributed by atoms with E-state index in [1.165, 1.54) is 25.2 Å². The van der Waals surface area contributed by atoms with Gasteiger partial charge in [0, 0.05) is 13.1 Å². The summed E-state index contributed by atoms with van der Waals surface area (Å²) in [6.07, 6.45) is 0.162. The highest BCUT2D eigenvalue weighted by Crippen LogP contribution is 2.28. The zero-order chi connectivity index (χ0) is 12.8. The Kier molecular flexibility index (Phi) is 4.71. The monoisotopic (exact) mass is 258 g/mol. The molecule has 1 aromatic rings. The highest BCUT2D eigenvalue weighted by molar-refractivity contribution is 6.32. The summed E-state index contributed by atoms with van der Waals surface area (Å²) in [5, 5.41) is 13.2. The molecule has 0 heterocycles. The Morgan fingerprint density at radius 1 is 1.59 bits per heavy atom. The molecule has 1 amide bonds. The fourth-order valence-electron chi connectivity index (χ4n) is 1.09. The number of benzene rings is 1. The lowest BCUT2D eigenvalue weighted by Crippen LogP contribution is -2.20. The van der Waals surface area contributed by atoms with Gasteiger partial charge in [0.1, 0.15) is 5.75 Å². The van der Waals surface area contributed by atoms with Crippen LogP contribution in [-0.2, 0) is 4.79 Å². The van der Waals surface area contributed by atoms with E-state index in [2.05, 4.69) is 5.32 Å². The molecule has 1 N–H and O–H groups in total. The maximum Gasteiger partial charge on any atom is 0.273 e. The molecule has 0 bridgehead atoms. The van der Waals surface area contributed by atoms with E-state index in [1.54, 1.807) is 0 Å². The van der Waals surface area contributed by atoms with Crippen molar-refractivity contribution in [2.75, 3.05) is 13.7 Å². The second kappa shape index (κ2) is 6.05. The number of nitro benzene ring substituents is 1. The van der Waals surface area contributed by atoms with Crippen molar-refractivity contribution in [3.8, 4) is 5.75 Å². The third-order valence-electron chi connectivity index (χ3n) is 1.99. The topological polar surface area (TPSA) is 81.5 Å². The molecule has 0 aliphatic carbocycles. The molecular weight excluding hydrogens is 248 g/mol. The Labute approximate surface area is 103 Å². The SMILES string of the molecule is CNC(=O)CCOc1cc([N+](=O)[O-])ccc1Cl. The van der Waals surface area contributed by atoms with Crippen molar-refractivity contribution < 1.29 is 14.5 Å². The molecule has 0 aliphatic rings. The second-order valence-electron chi connectivity index (χ2n) is 3.14. The van der Waals surface area contributed by atoms with Gasteiger partial charge >= 0.3 is 0 Å². The van der Waals surface area contributed by atoms with Gasteiger partial charge in [-0.25, -0.2) is 0 Å². The Bertz CT molecular complexity index is 436. The lowest BCUT2D eigenvalue weighted by atomic mass is 10.3. The number of nitrogens with zero attached hydrogens (tertiary/aromatic N) is 1. The molecule has 0 fully saturated rings. The van der Waals surface area contributed by atoms with Crippen LogP contribution >= 0.6 is 11.6 Å². The van der Waals surface area contributed by atoms with Gasteiger partial charge in [-0.2, -0.15) is 0 Å². The van der Waals surface area contributed by atoms with Gasteiger partial charge in [-0.1, -0.05) is 11.6 Å². The zero-order valence-electron chi connectivity index (χ0n) is 9.10. The van der Waals surface area contributed by atoms with Crippen LogP contribution in [-0.4, -0.2) is 24.5 Å². The summed E-state index contributed by atoms with van der Waals surface area (Å²) in [6, 6.07) is 3.90. The van der Waals surface area contributed by atoms with Crippen molar-refractivity contribution in [3.63, 3.8) is 0 Å². The molecule has 7 heteroatoms. The average molecular weight is 259 g/mol. The van der Waals surface area contributed by atoms with Gasteiger partial charge < -0.3 is 10.1 Å². The number of nitro groups is 1. The minimum Gasteiger partial charge on any atom is -0.491 e. The molecule has 17 heavy (non-hydrogen) atoms. The summed E-state index contributed by atoms with van der Waals surface area (Å²) in [6.45, 7) is 0.112. The lowest BCUT2D eigenvalue weighted by Gasteiger charge is -2.07. The molecule has 0 saturated heterocycles. The van der Waals surface area contributed by atoms with Crippen LogP contribution in [0.2, 0.25) is 5.02 Å². The summed E-state index contributed by atoms with van der Waals surface area (Å²) in [7, 11) is 1.52. The van der Waals surface area contributed by atoms with E-state index in [0.29, 0.717) is 0 Å². The number of halogens is 1. The highest BCUT2D eigenvalue weighted by Gasteiger charge is 2.11. The maximum atomic E-state index is 10.9. The van der Waals surface area contributed by atoms with E-state index in [1.807, 2.05) is 0 Å². The first-order chi connectivity index (χ1) is 8.04. The van der Waals surface area contributed by atoms with Crippen molar-refractivity contribution in [3.05, 3.63) is 33.3 Å². The number of hydrogen-bond acceptors (Lipinski definition) is 4. The van der Waals surface area contributed by atoms with E-state index in [0.717, 1.165) is 0 Å². The van der Waals surface area contributed by atoms with Gasteiger partial charge in [-0.15, -0.1) is 0 Å². The van der Waals surface area contributed by atoms with Crippen LogP contribution in [0, 0.1) is 10.1 Å². The van der Waals surface area contributed by atoms with Gasteiger partial charge in [0.25, 0.3) is 5.69 Å². The minimum absolute atomic E-state index is 0.107. The van der Waals surface area contributed by atoms with Crippen molar-refractivity contribution in [2.45, 2.75) is 6.42 Å². The van der Waals surface area contributed by atoms with E-state index in [9.17, 15) is 14.9 Å². The van der Waals surface area contributed by atoms with Crippen LogP contribution in [0.4, 0.5) is 5.69 Å². The van der Waals surface area contributed by atoms with Gasteiger partial charge in [0.15, 0.2) is 0 Å². The number of ether oxygens (including phenoxy) is 1. The molecular formula is C10H11ClN2O4. The molecule has 0 aliphatic heterocycles. The van der Waals surface area contributed by atoms with Gasteiger partial charge in [0.2, 0.25) is 5.91 Å². The van der Waals surface area contributed by atoms with Crippen molar-refractivity contribution in [1.29, 1.82) is 0 Å². The third kappa shape index (κ3) is 3.92. The van der Waals surface area contributed by atoms with E-state index in [4.69, 9.17) is 16.3 Å². The third-order valence-corrected chi connectivity index (χ3v) is 2.30. The number of rotatable bonds is 5. The van der Waals surface area contributed by atoms with Gasteiger partial charge in [0.05, 0.1) is 29.0 Å². The number of carbonyl (C=O) groups is 1. The first-order valence-corrected chi connectivity index (χ1v) is 5.19. The molecule has 0 saturated carbocycles. The summed E-state index contributed by atoms with van der Waals surface area (Å²) in [5.74, 6) is 0.0244. The summed E-state index contributed by atoms with van der Waals surface area (Å²) >= 11 is 5.80. The Morgan fingerprint density at radius 3 is 2.88 bits per heavy atom. The van der Waals surface area contributed by atoms with E-state index in [-0.39, 0.29) is 35.4 Å². The van der Waals surface area contributed by atoms with Crippen LogP contribution < -0.4 is 10.1 Å². The maximum absolute atomic E-state index is 10.9. The minimum atomic E-state index is -0.540.